The molecule has 0 aliphatic heterocycles. The fraction of sp³-hybridized carbons (Fsp3) is 0.471. The summed E-state index contributed by atoms with van der Waals surface area (Å²) < 4.78 is 13.8. The summed E-state index contributed by atoms with van der Waals surface area (Å²) >= 11 is 0. The molecule has 1 fully saturated rings. The molecule has 0 saturated heterocycles. The molecule has 112 valence electrons. The Morgan fingerprint density at radius 2 is 2.00 bits per heavy atom. The molecule has 0 bridgehead atoms. The number of rotatable bonds is 4. The number of hydrogen-bond acceptors (Lipinski definition) is 1. The lowest BCUT2D eigenvalue weighted by Gasteiger charge is -2.17. The molecule has 0 spiro atoms. The van der Waals surface area contributed by atoms with Gasteiger partial charge >= 0.3 is 0 Å². The Kier molecular flexibility index (Phi) is 4.23. The fourth-order valence-corrected chi connectivity index (χ4v) is 2.87. The van der Waals surface area contributed by atoms with Gasteiger partial charge in [-0.1, -0.05) is 30.4 Å². The standard InChI is InChI=1S/C17H22FN3/c1-2-19-17(20-12-7-3-4-8-12)21-16-11-14(16)13-9-5-6-10-15(13)18/h3-6,9-10,12,14,16H,2,7-8,11H2,1H3,(H2,19,20,21). The Bertz CT molecular complexity index is 545. The van der Waals surface area contributed by atoms with Crippen LogP contribution in [0.1, 0.15) is 37.7 Å². The number of benzene rings is 1. The van der Waals surface area contributed by atoms with Crippen LogP contribution in [0.15, 0.2) is 41.4 Å². The Balaban J connectivity index is 1.58. The van der Waals surface area contributed by atoms with E-state index in [1.807, 2.05) is 19.1 Å². The van der Waals surface area contributed by atoms with Gasteiger partial charge in [0.1, 0.15) is 5.82 Å². The maximum Gasteiger partial charge on any atom is 0.191 e. The van der Waals surface area contributed by atoms with Crippen molar-refractivity contribution in [2.45, 2.75) is 44.2 Å². The molecule has 0 radical (unpaired) electrons. The van der Waals surface area contributed by atoms with Crippen LogP contribution in [0.25, 0.3) is 0 Å². The van der Waals surface area contributed by atoms with E-state index in [0.29, 0.717) is 6.04 Å². The zero-order valence-corrected chi connectivity index (χ0v) is 12.3. The molecule has 1 aromatic carbocycles. The molecule has 2 N–H and O–H groups in total. The molecule has 0 amide bonds. The van der Waals surface area contributed by atoms with Gasteiger partial charge in [-0.2, -0.15) is 0 Å². The van der Waals surface area contributed by atoms with Crippen LogP contribution in [0.5, 0.6) is 0 Å². The van der Waals surface area contributed by atoms with E-state index in [1.54, 1.807) is 6.07 Å². The van der Waals surface area contributed by atoms with Crippen molar-refractivity contribution in [3.63, 3.8) is 0 Å². The van der Waals surface area contributed by atoms with Gasteiger partial charge < -0.3 is 10.6 Å². The highest BCUT2D eigenvalue weighted by atomic mass is 19.1. The smallest absolute Gasteiger partial charge is 0.191 e. The van der Waals surface area contributed by atoms with E-state index in [4.69, 9.17) is 0 Å². The SMILES string of the molecule is CCN=C(NC1CC=CC1)NC1CC1c1ccccc1F. The first kappa shape index (κ1) is 14.1. The van der Waals surface area contributed by atoms with Crippen molar-refractivity contribution < 1.29 is 4.39 Å². The molecule has 2 unspecified atom stereocenters. The third-order valence-corrected chi connectivity index (χ3v) is 4.08. The van der Waals surface area contributed by atoms with Gasteiger partial charge in [0.2, 0.25) is 0 Å². The van der Waals surface area contributed by atoms with Crippen LogP contribution in [0.4, 0.5) is 4.39 Å². The van der Waals surface area contributed by atoms with Gasteiger partial charge in [-0.3, -0.25) is 4.99 Å². The third-order valence-electron chi connectivity index (χ3n) is 4.08. The molecule has 1 saturated carbocycles. The summed E-state index contributed by atoms with van der Waals surface area (Å²) in [5.74, 6) is 1.01. The predicted molar refractivity (Wildman–Crippen MR) is 84.0 cm³/mol. The number of halogens is 1. The summed E-state index contributed by atoms with van der Waals surface area (Å²) in [6, 6.07) is 7.78. The lowest BCUT2D eigenvalue weighted by atomic mass is 10.1. The molecule has 1 aromatic rings. The average molecular weight is 287 g/mol. The Hall–Kier alpha value is -1.84. The first-order valence-corrected chi connectivity index (χ1v) is 7.75. The van der Waals surface area contributed by atoms with Crippen molar-refractivity contribution in [1.29, 1.82) is 0 Å². The second-order valence-corrected chi connectivity index (χ2v) is 5.72. The normalized spacial score (nSPS) is 25.1. The Labute approximate surface area is 125 Å². The topological polar surface area (TPSA) is 36.4 Å². The average Bonchev–Trinajstić information content (AvgIpc) is 3.03. The maximum absolute atomic E-state index is 13.8. The summed E-state index contributed by atoms with van der Waals surface area (Å²) in [6.45, 7) is 2.77. The van der Waals surface area contributed by atoms with E-state index >= 15 is 0 Å². The quantitative estimate of drug-likeness (QED) is 0.507. The highest BCUT2D eigenvalue weighted by Crippen LogP contribution is 2.41. The summed E-state index contributed by atoms with van der Waals surface area (Å²) in [7, 11) is 0. The van der Waals surface area contributed by atoms with Crippen LogP contribution in [-0.2, 0) is 0 Å². The minimum Gasteiger partial charge on any atom is -0.353 e. The first-order valence-electron chi connectivity index (χ1n) is 7.75. The monoisotopic (exact) mass is 287 g/mol. The van der Waals surface area contributed by atoms with Crippen LogP contribution in [0, 0.1) is 5.82 Å². The fourth-order valence-electron chi connectivity index (χ4n) is 2.87. The van der Waals surface area contributed by atoms with Crippen LogP contribution in [-0.4, -0.2) is 24.6 Å². The largest absolute Gasteiger partial charge is 0.353 e. The molecule has 2 atom stereocenters. The Morgan fingerprint density at radius 1 is 1.24 bits per heavy atom. The lowest BCUT2D eigenvalue weighted by Crippen LogP contribution is -2.43. The van der Waals surface area contributed by atoms with Gasteiger partial charge in [0.25, 0.3) is 0 Å². The molecular weight excluding hydrogens is 265 g/mol. The molecular formula is C17H22FN3. The van der Waals surface area contributed by atoms with Crippen LogP contribution >= 0.6 is 0 Å². The van der Waals surface area contributed by atoms with Crippen LogP contribution < -0.4 is 10.6 Å². The highest BCUT2D eigenvalue weighted by Gasteiger charge is 2.40. The molecule has 2 aliphatic carbocycles. The van der Waals surface area contributed by atoms with Gasteiger partial charge in [0.05, 0.1) is 0 Å². The summed E-state index contributed by atoms with van der Waals surface area (Å²) in [5.41, 5.74) is 0.813. The van der Waals surface area contributed by atoms with Crippen molar-refractivity contribution in [2.24, 2.45) is 4.99 Å². The number of hydrogen-bond donors (Lipinski definition) is 2. The van der Waals surface area contributed by atoms with Crippen molar-refractivity contribution >= 4 is 5.96 Å². The molecule has 3 rings (SSSR count). The van der Waals surface area contributed by atoms with Gasteiger partial charge in [-0.25, -0.2) is 4.39 Å². The molecule has 0 aromatic heterocycles. The molecule has 4 heteroatoms. The van der Waals surface area contributed by atoms with Gasteiger partial charge in [0.15, 0.2) is 5.96 Å². The Morgan fingerprint density at radius 3 is 2.71 bits per heavy atom. The van der Waals surface area contributed by atoms with Crippen molar-refractivity contribution in [3.8, 4) is 0 Å². The zero-order valence-electron chi connectivity index (χ0n) is 12.3. The van der Waals surface area contributed by atoms with E-state index in [-0.39, 0.29) is 17.8 Å². The van der Waals surface area contributed by atoms with Gasteiger partial charge in [-0.05, 0) is 37.8 Å². The third kappa shape index (κ3) is 3.43. The van der Waals surface area contributed by atoms with Gasteiger partial charge in [0, 0.05) is 24.5 Å². The molecule has 21 heavy (non-hydrogen) atoms. The molecule has 0 heterocycles. The number of guanidine groups is 1. The molecule has 3 nitrogen and oxygen atoms in total. The van der Waals surface area contributed by atoms with E-state index in [1.165, 1.54) is 6.07 Å². The summed E-state index contributed by atoms with van der Waals surface area (Å²) in [4.78, 5) is 4.49. The van der Waals surface area contributed by atoms with Crippen LogP contribution in [0.3, 0.4) is 0 Å². The van der Waals surface area contributed by atoms with Crippen molar-refractivity contribution in [3.05, 3.63) is 47.8 Å². The second kappa shape index (κ2) is 6.29. The lowest BCUT2D eigenvalue weighted by molar-refractivity contribution is 0.605. The predicted octanol–water partition coefficient (Wildman–Crippen LogP) is 2.96. The van der Waals surface area contributed by atoms with Crippen molar-refractivity contribution in [2.75, 3.05) is 6.54 Å². The minimum absolute atomic E-state index is 0.103. The number of nitrogens with one attached hydrogen (secondary N) is 2. The maximum atomic E-state index is 13.8. The molecule has 2 aliphatic rings. The minimum atomic E-state index is -0.103. The summed E-state index contributed by atoms with van der Waals surface area (Å²) in [5, 5.41) is 6.90. The van der Waals surface area contributed by atoms with Crippen molar-refractivity contribution in [1.82, 2.24) is 10.6 Å². The van der Waals surface area contributed by atoms with Gasteiger partial charge in [-0.15, -0.1) is 0 Å². The zero-order chi connectivity index (χ0) is 14.7. The van der Waals surface area contributed by atoms with E-state index in [0.717, 1.165) is 37.3 Å². The number of nitrogens with zero attached hydrogens (tertiary/aromatic N) is 1. The van der Waals surface area contributed by atoms with E-state index in [9.17, 15) is 4.39 Å². The highest BCUT2D eigenvalue weighted by molar-refractivity contribution is 5.81. The summed E-state index contributed by atoms with van der Waals surface area (Å²) in [6.07, 6.45) is 7.45. The van der Waals surface area contributed by atoms with Crippen LogP contribution in [0.2, 0.25) is 0 Å². The first-order chi connectivity index (χ1) is 10.3. The second-order valence-electron chi connectivity index (χ2n) is 5.72. The van der Waals surface area contributed by atoms with E-state index < -0.39 is 0 Å². The number of aliphatic imine (C=N–C) groups is 1. The van der Waals surface area contributed by atoms with E-state index in [2.05, 4.69) is 27.8 Å².